The third-order valence-corrected chi connectivity index (χ3v) is 3.67. The Hall–Kier alpha value is -2.09. The van der Waals surface area contributed by atoms with Crippen LogP contribution in [-0.4, -0.2) is 22.2 Å². The highest BCUT2D eigenvalue weighted by Crippen LogP contribution is 2.30. The quantitative estimate of drug-likeness (QED) is 0.635. The van der Waals surface area contributed by atoms with Crippen molar-refractivity contribution in [2.75, 3.05) is 0 Å². The molecule has 0 spiro atoms. The number of thiazole rings is 1. The molecule has 8 heteroatoms. The molecular formula is C14H15F3N2O2S. The summed E-state index contributed by atoms with van der Waals surface area (Å²) >= 11 is 1.15. The maximum Gasteiger partial charge on any atom is 0.420 e. The fourth-order valence-corrected chi connectivity index (χ4v) is 2.21. The number of aromatic nitrogens is 1. The first kappa shape index (κ1) is 18.0. The van der Waals surface area contributed by atoms with Crippen LogP contribution < -0.4 is 5.32 Å². The Balaban J connectivity index is 2.91. The Bertz CT molecular complexity index is 630. The Kier molecular flexibility index (Phi) is 5.92. The van der Waals surface area contributed by atoms with Crippen LogP contribution in [0, 0.1) is 0 Å². The van der Waals surface area contributed by atoms with Gasteiger partial charge >= 0.3 is 6.18 Å². The minimum Gasteiger partial charge on any atom is -0.508 e. The molecule has 0 aliphatic heterocycles. The van der Waals surface area contributed by atoms with E-state index < -0.39 is 23.4 Å². The van der Waals surface area contributed by atoms with Crippen LogP contribution in [0.3, 0.4) is 0 Å². The Labute approximate surface area is 129 Å². The predicted molar refractivity (Wildman–Crippen MR) is 78.6 cm³/mol. The van der Waals surface area contributed by atoms with Gasteiger partial charge in [-0.05, 0) is 25.5 Å². The lowest BCUT2D eigenvalue weighted by molar-refractivity contribution is -0.0925. The number of amides is 1. The van der Waals surface area contributed by atoms with Crippen molar-refractivity contribution in [3.8, 4) is 0 Å². The Morgan fingerprint density at radius 3 is 2.64 bits per heavy atom. The number of rotatable bonds is 5. The number of alkyl halides is 3. The maximum atomic E-state index is 12.8. The smallest absolute Gasteiger partial charge is 0.420 e. The van der Waals surface area contributed by atoms with E-state index in [0.717, 1.165) is 22.4 Å². The third-order valence-electron chi connectivity index (χ3n) is 2.53. The summed E-state index contributed by atoms with van der Waals surface area (Å²) in [4.78, 5) is 16.1. The molecule has 1 aromatic heterocycles. The lowest BCUT2D eigenvalue weighted by Crippen LogP contribution is -2.22. The summed E-state index contributed by atoms with van der Waals surface area (Å²) in [5.41, 5.74) is -1.56. The summed E-state index contributed by atoms with van der Waals surface area (Å²) in [6.45, 7) is 6.49. The van der Waals surface area contributed by atoms with E-state index in [1.54, 1.807) is 0 Å². The number of hydrogen-bond donors (Lipinski definition) is 2. The molecule has 0 unspecified atom stereocenters. The molecule has 0 bridgehead atoms. The molecule has 0 saturated heterocycles. The van der Waals surface area contributed by atoms with Gasteiger partial charge in [-0.1, -0.05) is 13.5 Å². The fraction of sp³-hybridized carbons (Fsp3) is 0.286. The molecule has 0 saturated carbocycles. The molecule has 0 aromatic carbocycles. The van der Waals surface area contributed by atoms with Gasteiger partial charge in [-0.3, -0.25) is 4.79 Å². The van der Waals surface area contributed by atoms with Gasteiger partial charge in [0.05, 0.1) is 16.8 Å². The van der Waals surface area contributed by atoms with E-state index in [1.807, 2.05) is 6.92 Å². The molecule has 1 rings (SSSR count). The van der Waals surface area contributed by atoms with Gasteiger partial charge in [-0.25, -0.2) is 4.98 Å². The van der Waals surface area contributed by atoms with Gasteiger partial charge in [0, 0.05) is 5.70 Å². The second kappa shape index (κ2) is 7.26. The molecule has 0 fully saturated rings. The van der Waals surface area contributed by atoms with Crippen LogP contribution in [0.2, 0.25) is 0 Å². The number of carbonyl (C=O) groups is 1. The van der Waals surface area contributed by atoms with Crippen LogP contribution in [0.15, 0.2) is 42.0 Å². The zero-order valence-electron chi connectivity index (χ0n) is 12.0. The van der Waals surface area contributed by atoms with Crippen LogP contribution >= 0.6 is 11.3 Å². The van der Waals surface area contributed by atoms with E-state index in [0.29, 0.717) is 12.5 Å². The van der Waals surface area contributed by atoms with Crippen molar-refractivity contribution in [2.45, 2.75) is 26.4 Å². The molecule has 0 radical (unpaired) electrons. The summed E-state index contributed by atoms with van der Waals surface area (Å²) in [7, 11) is 0. The van der Waals surface area contributed by atoms with Gasteiger partial charge in [-0.15, -0.1) is 11.3 Å². The zero-order valence-corrected chi connectivity index (χ0v) is 12.8. The number of allylic oxidation sites excluding steroid dienone is 3. The standard InChI is InChI=1S/C14H15F3N2O2S/c1-4-10(20)9(14(15,16)17)6-8(3)19-13(21)11-7-18-12(5-2)22-11/h4,6-7,20H,3,5H2,1-2H3,(H,19,21)/b9-6+,10-4+. The molecule has 120 valence electrons. The molecule has 22 heavy (non-hydrogen) atoms. The summed E-state index contributed by atoms with van der Waals surface area (Å²) < 4.78 is 38.4. The molecule has 0 atom stereocenters. The van der Waals surface area contributed by atoms with Crippen LogP contribution in [0.25, 0.3) is 0 Å². The van der Waals surface area contributed by atoms with E-state index in [-0.39, 0.29) is 10.6 Å². The summed E-state index contributed by atoms with van der Waals surface area (Å²) in [6.07, 6.45) is -1.26. The minimum absolute atomic E-state index is 0.273. The first-order valence-electron chi connectivity index (χ1n) is 6.28. The average Bonchev–Trinajstić information content (AvgIpc) is 2.91. The summed E-state index contributed by atoms with van der Waals surface area (Å²) in [5.74, 6) is -1.53. The molecule has 1 amide bonds. The largest absolute Gasteiger partial charge is 0.508 e. The van der Waals surface area contributed by atoms with Crippen LogP contribution in [0.5, 0.6) is 0 Å². The molecule has 0 aliphatic carbocycles. The SMILES string of the molecule is C=C(/C=C(\C(O)=C/C)C(F)(F)F)NC(=O)c1cnc(CC)s1. The van der Waals surface area contributed by atoms with E-state index in [1.165, 1.54) is 13.1 Å². The first-order chi connectivity index (χ1) is 10.2. The molecule has 4 nitrogen and oxygen atoms in total. The number of aliphatic hydroxyl groups is 1. The number of carbonyl (C=O) groups excluding carboxylic acids is 1. The van der Waals surface area contributed by atoms with Crippen molar-refractivity contribution in [2.24, 2.45) is 0 Å². The molecule has 1 heterocycles. The lowest BCUT2D eigenvalue weighted by atomic mass is 10.1. The molecule has 0 aliphatic rings. The van der Waals surface area contributed by atoms with Gasteiger partial charge in [0.15, 0.2) is 0 Å². The van der Waals surface area contributed by atoms with Crippen molar-refractivity contribution < 1.29 is 23.1 Å². The van der Waals surface area contributed by atoms with E-state index in [4.69, 9.17) is 0 Å². The molecular weight excluding hydrogens is 317 g/mol. The van der Waals surface area contributed by atoms with Crippen molar-refractivity contribution in [1.82, 2.24) is 10.3 Å². The van der Waals surface area contributed by atoms with Crippen LogP contribution in [0.1, 0.15) is 28.5 Å². The normalized spacial score (nSPS) is 13.1. The number of nitrogens with one attached hydrogen (secondary N) is 1. The van der Waals surface area contributed by atoms with Crippen LogP contribution in [-0.2, 0) is 6.42 Å². The summed E-state index contributed by atoms with van der Waals surface area (Å²) in [6, 6.07) is 0. The van der Waals surface area contributed by atoms with E-state index >= 15 is 0 Å². The predicted octanol–water partition coefficient (Wildman–Crippen LogP) is 3.90. The lowest BCUT2D eigenvalue weighted by Gasteiger charge is -2.12. The Morgan fingerprint density at radius 2 is 2.18 bits per heavy atom. The molecule has 2 N–H and O–H groups in total. The van der Waals surface area contributed by atoms with Gasteiger partial charge in [0.25, 0.3) is 5.91 Å². The summed E-state index contributed by atoms with van der Waals surface area (Å²) in [5, 5.41) is 12.3. The topological polar surface area (TPSA) is 62.2 Å². The first-order valence-corrected chi connectivity index (χ1v) is 7.10. The number of nitrogens with zero attached hydrogens (tertiary/aromatic N) is 1. The van der Waals surface area contributed by atoms with Crippen LogP contribution in [0.4, 0.5) is 13.2 Å². The molecule has 1 aromatic rings. The second-order valence-electron chi connectivity index (χ2n) is 4.18. The number of aliphatic hydroxyl groups excluding tert-OH is 1. The minimum atomic E-state index is -4.76. The fourth-order valence-electron chi connectivity index (χ4n) is 1.45. The maximum absolute atomic E-state index is 12.8. The van der Waals surface area contributed by atoms with Gasteiger partial charge in [0.2, 0.25) is 0 Å². The van der Waals surface area contributed by atoms with Crippen molar-refractivity contribution in [3.63, 3.8) is 0 Å². The highest BCUT2D eigenvalue weighted by atomic mass is 32.1. The number of hydrogen-bond acceptors (Lipinski definition) is 4. The van der Waals surface area contributed by atoms with E-state index in [9.17, 15) is 23.1 Å². The van der Waals surface area contributed by atoms with Gasteiger partial charge in [-0.2, -0.15) is 13.2 Å². The Morgan fingerprint density at radius 1 is 1.55 bits per heavy atom. The van der Waals surface area contributed by atoms with Crippen molar-refractivity contribution in [1.29, 1.82) is 0 Å². The van der Waals surface area contributed by atoms with E-state index in [2.05, 4.69) is 16.9 Å². The monoisotopic (exact) mass is 332 g/mol. The van der Waals surface area contributed by atoms with Crippen molar-refractivity contribution in [3.05, 3.63) is 51.8 Å². The second-order valence-corrected chi connectivity index (χ2v) is 5.30. The van der Waals surface area contributed by atoms with Gasteiger partial charge < -0.3 is 10.4 Å². The average molecular weight is 332 g/mol. The van der Waals surface area contributed by atoms with Gasteiger partial charge in [0.1, 0.15) is 10.6 Å². The highest BCUT2D eigenvalue weighted by Gasteiger charge is 2.36. The van der Waals surface area contributed by atoms with Crippen molar-refractivity contribution >= 4 is 17.2 Å². The number of halogens is 3. The third kappa shape index (κ3) is 4.73. The zero-order chi connectivity index (χ0) is 16.9. The highest BCUT2D eigenvalue weighted by molar-refractivity contribution is 7.13. The number of aryl methyl sites for hydroxylation is 1.